The first-order valence-electron chi connectivity index (χ1n) is 5.60. The molecule has 18 heavy (non-hydrogen) atoms. The molecule has 0 saturated carbocycles. The van der Waals surface area contributed by atoms with Crippen LogP contribution in [-0.4, -0.2) is 31.9 Å². The minimum atomic E-state index is -0.888. The minimum Gasteiger partial charge on any atom is -0.493 e. The van der Waals surface area contributed by atoms with Crippen LogP contribution in [0.1, 0.15) is 18.1 Å². The lowest BCUT2D eigenvalue weighted by molar-refractivity contribution is 0.143. The molecule has 0 spiro atoms. The van der Waals surface area contributed by atoms with Gasteiger partial charge in [-0.1, -0.05) is 11.6 Å². The molecule has 5 nitrogen and oxygen atoms in total. The lowest BCUT2D eigenvalue weighted by Gasteiger charge is -2.21. The van der Waals surface area contributed by atoms with Crippen molar-refractivity contribution in [3.63, 3.8) is 0 Å². The third-order valence-corrected chi connectivity index (χ3v) is 3.05. The van der Waals surface area contributed by atoms with Gasteiger partial charge in [-0.2, -0.15) is 0 Å². The fraction of sp³-hybridized carbons (Fsp3) is 0.500. The van der Waals surface area contributed by atoms with Gasteiger partial charge in [0.05, 0.1) is 25.3 Å². The number of aliphatic hydroxyl groups excluding tert-OH is 1. The molecule has 0 fully saturated rings. The van der Waals surface area contributed by atoms with E-state index >= 15 is 0 Å². The molecule has 0 aliphatic rings. The van der Waals surface area contributed by atoms with Gasteiger partial charge in [0.2, 0.25) is 0 Å². The Morgan fingerprint density at radius 2 is 1.83 bits per heavy atom. The van der Waals surface area contributed by atoms with E-state index in [0.29, 0.717) is 35.1 Å². The first kappa shape index (κ1) is 15.0. The van der Waals surface area contributed by atoms with Gasteiger partial charge in [0.25, 0.3) is 0 Å². The fourth-order valence-corrected chi connectivity index (χ4v) is 1.94. The van der Waals surface area contributed by atoms with E-state index in [4.69, 9.17) is 32.5 Å². The van der Waals surface area contributed by atoms with Crippen molar-refractivity contribution < 1.29 is 14.6 Å². The molecule has 0 aliphatic heterocycles. The van der Waals surface area contributed by atoms with E-state index < -0.39 is 12.1 Å². The number of ether oxygens (including phenoxy) is 2. The Labute approximate surface area is 112 Å². The van der Waals surface area contributed by atoms with Crippen LogP contribution in [0.25, 0.3) is 0 Å². The average Bonchev–Trinajstić information content (AvgIpc) is 2.37. The van der Waals surface area contributed by atoms with E-state index in [1.165, 1.54) is 14.2 Å². The maximum Gasteiger partial charge on any atom is 0.162 e. The maximum absolute atomic E-state index is 10.1. The summed E-state index contributed by atoms with van der Waals surface area (Å²) in [5.41, 5.74) is 11.8. The van der Waals surface area contributed by atoms with Gasteiger partial charge < -0.3 is 26.0 Å². The number of aliphatic hydroxyl groups is 1. The Morgan fingerprint density at radius 1 is 1.28 bits per heavy atom. The summed E-state index contributed by atoms with van der Waals surface area (Å²) in [6.45, 7) is 0.406. The second-order valence-corrected chi connectivity index (χ2v) is 4.32. The summed E-state index contributed by atoms with van der Waals surface area (Å²) in [5.74, 6) is 1.00. The van der Waals surface area contributed by atoms with Crippen LogP contribution >= 0.6 is 11.6 Å². The van der Waals surface area contributed by atoms with Gasteiger partial charge in [0.1, 0.15) is 0 Å². The van der Waals surface area contributed by atoms with Gasteiger partial charge in [-0.05, 0) is 19.0 Å². The number of hydrogen-bond acceptors (Lipinski definition) is 5. The van der Waals surface area contributed by atoms with Crippen LogP contribution in [0, 0.1) is 0 Å². The highest BCUT2D eigenvalue weighted by molar-refractivity contribution is 6.31. The molecule has 0 amide bonds. The molecule has 0 heterocycles. The molecule has 102 valence electrons. The smallest absolute Gasteiger partial charge is 0.162 e. The standard InChI is InChI=1S/C12H19ClN2O3/c1-17-10-5-7(8(13)6-11(10)18-2)12(16)9(15)3-4-14/h5-6,9,12,16H,3-4,14-15H2,1-2H3. The Hall–Kier alpha value is -1.01. The molecule has 2 unspecified atom stereocenters. The second-order valence-electron chi connectivity index (χ2n) is 3.91. The predicted molar refractivity (Wildman–Crippen MR) is 71.2 cm³/mol. The quantitative estimate of drug-likeness (QED) is 0.722. The molecule has 0 bridgehead atoms. The highest BCUT2D eigenvalue weighted by Crippen LogP contribution is 2.36. The van der Waals surface area contributed by atoms with E-state index in [1.54, 1.807) is 12.1 Å². The van der Waals surface area contributed by atoms with Crippen molar-refractivity contribution in [2.45, 2.75) is 18.6 Å². The van der Waals surface area contributed by atoms with Crippen molar-refractivity contribution >= 4 is 11.6 Å². The topological polar surface area (TPSA) is 90.7 Å². The molecule has 0 aromatic heterocycles. The van der Waals surface area contributed by atoms with Gasteiger partial charge in [-0.15, -0.1) is 0 Å². The van der Waals surface area contributed by atoms with Crippen molar-refractivity contribution in [1.29, 1.82) is 0 Å². The van der Waals surface area contributed by atoms with Gasteiger partial charge in [-0.3, -0.25) is 0 Å². The van der Waals surface area contributed by atoms with Crippen LogP contribution in [-0.2, 0) is 0 Å². The summed E-state index contributed by atoms with van der Waals surface area (Å²) in [6.07, 6.45) is -0.382. The fourth-order valence-electron chi connectivity index (χ4n) is 1.68. The number of methoxy groups -OCH3 is 2. The molecule has 1 aromatic rings. The summed E-state index contributed by atoms with van der Waals surface area (Å²) < 4.78 is 10.3. The number of nitrogens with two attached hydrogens (primary N) is 2. The number of benzene rings is 1. The van der Waals surface area contributed by atoms with Gasteiger partial charge in [0, 0.05) is 17.7 Å². The van der Waals surface area contributed by atoms with Crippen LogP contribution in [0.15, 0.2) is 12.1 Å². The Morgan fingerprint density at radius 3 is 2.33 bits per heavy atom. The molecule has 6 heteroatoms. The van der Waals surface area contributed by atoms with Crippen LogP contribution in [0.2, 0.25) is 5.02 Å². The summed E-state index contributed by atoms with van der Waals surface area (Å²) in [4.78, 5) is 0. The third kappa shape index (κ3) is 3.26. The second kappa shape index (κ2) is 6.80. The zero-order chi connectivity index (χ0) is 13.7. The molecule has 1 rings (SSSR count). The van der Waals surface area contributed by atoms with E-state index in [-0.39, 0.29) is 0 Å². The van der Waals surface area contributed by atoms with Crippen LogP contribution in [0.3, 0.4) is 0 Å². The first-order valence-corrected chi connectivity index (χ1v) is 5.98. The molecular formula is C12H19ClN2O3. The van der Waals surface area contributed by atoms with E-state index in [9.17, 15) is 5.11 Å². The van der Waals surface area contributed by atoms with Crippen LogP contribution in [0.5, 0.6) is 11.5 Å². The van der Waals surface area contributed by atoms with Crippen molar-refractivity contribution in [3.05, 3.63) is 22.7 Å². The normalized spacial score (nSPS) is 14.1. The Balaban J connectivity index is 3.08. The van der Waals surface area contributed by atoms with Gasteiger partial charge in [-0.25, -0.2) is 0 Å². The average molecular weight is 275 g/mol. The Kier molecular flexibility index (Phi) is 5.68. The van der Waals surface area contributed by atoms with Crippen molar-refractivity contribution in [2.24, 2.45) is 11.5 Å². The highest BCUT2D eigenvalue weighted by atomic mass is 35.5. The molecule has 0 aliphatic carbocycles. The van der Waals surface area contributed by atoms with Crippen molar-refractivity contribution in [2.75, 3.05) is 20.8 Å². The SMILES string of the molecule is COc1cc(Cl)c(C(O)C(N)CCN)cc1OC. The zero-order valence-corrected chi connectivity index (χ0v) is 11.3. The number of rotatable bonds is 6. The Bertz CT molecular complexity index is 401. The van der Waals surface area contributed by atoms with Crippen molar-refractivity contribution in [1.82, 2.24) is 0 Å². The zero-order valence-electron chi connectivity index (χ0n) is 10.5. The largest absolute Gasteiger partial charge is 0.493 e. The lowest BCUT2D eigenvalue weighted by Crippen LogP contribution is -2.31. The molecule has 1 aromatic carbocycles. The lowest BCUT2D eigenvalue weighted by atomic mass is 10.00. The maximum atomic E-state index is 10.1. The van der Waals surface area contributed by atoms with E-state index in [1.807, 2.05) is 0 Å². The van der Waals surface area contributed by atoms with Gasteiger partial charge in [0.15, 0.2) is 11.5 Å². The van der Waals surface area contributed by atoms with Gasteiger partial charge >= 0.3 is 0 Å². The highest BCUT2D eigenvalue weighted by Gasteiger charge is 2.21. The molecular weight excluding hydrogens is 256 g/mol. The third-order valence-electron chi connectivity index (χ3n) is 2.73. The minimum absolute atomic E-state index is 0.382. The van der Waals surface area contributed by atoms with Crippen molar-refractivity contribution in [3.8, 4) is 11.5 Å². The summed E-state index contributed by atoms with van der Waals surface area (Å²) in [6, 6.07) is 2.75. The van der Waals surface area contributed by atoms with Crippen LogP contribution < -0.4 is 20.9 Å². The summed E-state index contributed by atoms with van der Waals surface area (Å²) >= 11 is 6.09. The van der Waals surface area contributed by atoms with Crippen LogP contribution in [0.4, 0.5) is 0 Å². The molecule has 2 atom stereocenters. The monoisotopic (exact) mass is 274 g/mol. The molecule has 5 N–H and O–H groups in total. The summed E-state index contributed by atoms with van der Waals surface area (Å²) in [7, 11) is 3.03. The number of hydrogen-bond donors (Lipinski definition) is 3. The summed E-state index contributed by atoms with van der Waals surface area (Å²) in [5, 5.41) is 10.5. The molecule has 0 radical (unpaired) electrons. The molecule has 0 saturated heterocycles. The number of halogens is 1. The first-order chi connectivity index (χ1) is 8.54. The van der Waals surface area contributed by atoms with E-state index in [2.05, 4.69) is 0 Å². The van der Waals surface area contributed by atoms with E-state index in [0.717, 1.165) is 0 Å². The predicted octanol–water partition coefficient (Wildman–Crippen LogP) is 1.07.